The third kappa shape index (κ3) is 4.54. The molecule has 0 spiro atoms. The van der Waals surface area contributed by atoms with Crippen molar-refractivity contribution in [3.8, 4) is 0 Å². The summed E-state index contributed by atoms with van der Waals surface area (Å²) in [7, 11) is 2.05. The first kappa shape index (κ1) is 31.4. The minimum absolute atomic E-state index is 0.0835. The fourth-order valence-electron chi connectivity index (χ4n) is 8.89. The lowest BCUT2D eigenvalue weighted by Crippen LogP contribution is -2.64. The van der Waals surface area contributed by atoms with Crippen molar-refractivity contribution >= 4 is 61.8 Å². The molecule has 0 radical (unpaired) electrons. The van der Waals surface area contributed by atoms with E-state index in [1.54, 1.807) is 16.7 Å². The molecule has 2 amide bonds. The molecule has 1 aromatic carbocycles. The van der Waals surface area contributed by atoms with Crippen LogP contribution < -0.4 is 5.32 Å². The van der Waals surface area contributed by atoms with Gasteiger partial charge in [0.25, 0.3) is 0 Å². The number of fused-ring (bicyclic) bond motifs is 5. The molecule has 0 bridgehead atoms. The van der Waals surface area contributed by atoms with Gasteiger partial charge in [0.2, 0.25) is 17.5 Å². The number of hydrogen-bond acceptors (Lipinski definition) is 7. The molecule has 1 aromatic heterocycles. The third-order valence-electron chi connectivity index (χ3n) is 10.9. The summed E-state index contributed by atoms with van der Waals surface area (Å²) in [6.07, 6.45) is 6.76. The van der Waals surface area contributed by atoms with Crippen molar-refractivity contribution in [1.82, 2.24) is 20.1 Å². The molecule has 9 nitrogen and oxygen atoms in total. The monoisotopic (exact) mass is 698 g/mol. The molecule has 1 aliphatic carbocycles. The van der Waals surface area contributed by atoms with E-state index in [1.807, 2.05) is 34.7 Å². The fourth-order valence-corrected chi connectivity index (χ4v) is 9.99. The van der Waals surface area contributed by atoms with Gasteiger partial charge in [-0.15, -0.1) is 11.8 Å². The van der Waals surface area contributed by atoms with E-state index in [1.165, 1.54) is 16.0 Å². The van der Waals surface area contributed by atoms with E-state index in [0.29, 0.717) is 25.9 Å². The number of benzene rings is 1. The van der Waals surface area contributed by atoms with Gasteiger partial charge in [-0.2, -0.15) is 0 Å². The Bertz CT molecular complexity index is 1640. The number of hydrogen-bond donors (Lipinski definition) is 3. The van der Waals surface area contributed by atoms with Crippen LogP contribution in [0.5, 0.6) is 0 Å². The molecule has 242 valence electrons. The molecule has 7 atom stereocenters. The van der Waals surface area contributed by atoms with Crippen LogP contribution in [0.4, 0.5) is 0 Å². The van der Waals surface area contributed by atoms with Crippen LogP contribution >= 0.6 is 27.7 Å². The van der Waals surface area contributed by atoms with Crippen LogP contribution in [-0.4, -0.2) is 87.5 Å². The van der Waals surface area contributed by atoms with E-state index in [9.17, 15) is 19.5 Å². The van der Waals surface area contributed by atoms with Crippen LogP contribution in [0, 0.1) is 29.6 Å². The van der Waals surface area contributed by atoms with Gasteiger partial charge in [-0.3, -0.25) is 19.3 Å². The van der Waals surface area contributed by atoms with E-state index in [0.717, 1.165) is 34.0 Å². The summed E-state index contributed by atoms with van der Waals surface area (Å²) in [5.74, 6) is -5.24. The molecule has 4 aliphatic heterocycles. The zero-order chi connectivity index (χ0) is 32.2. The van der Waals surface area contributed by atoms with Gasteiger partial charge < -0.3 is 25.0 Å². The number of aromatic nitrogens is 1. The molecular formula is C34H43BrN4O5S. The SMILES string of the molecule is CSc1[nH]c2cc(Br)cc3c2c1C[C@@H]1C3=C[C@@H](C(=O)N[C@]2(C(C)C)O[C@]3(O)C(C2=O)[C@@H](CC(C)C)C(=O)N2CCC[C@H]23)CN1C. The normalized spacial score (nSPS) is 34.4. The fraction of sp³-hybridized carbons (Fsp3) is 0.618. The summed E-state index contributed by atoms with van der Waals surface area (Å²) in [5, 5.41) is 17.7. The van der Waals surface area contributed by atoms with Gasteiger partial charge in [0.1, 0.15) is 0 Å². The summed E-state index contributed by atoms with van der Waals surface area (Å²) >= 11 is 5.41. The van der Waals surface area contributed by atoms with Crippen LogP contribution in [0.1, 0.15) is 58.1 Å². The number of aromatic amines is 1. The Kier molecular flexibility index (Phi) is 7.64. The van der Waals surface area contributed by atoms with Crippen LogP contribution in [-0.2, 0) is 25.5 Å². The number of nitrogens with zero attached hydrogens (tertiary/aromatic N) is 2. The number of H-pyrrole nitrogens is 1. The number of aliphatic hydroxyl groups is 1. The Morgan fingerprint density at radius 3 is 2.71 bits per heavy atom. The molecule has 3 fully saturated rings. The van der Waals surface area contributed by atoms with Gasteiger partial charge in [0.15, 0.2) is 11.6 Å². The van der Waals surface area contributed by atoms with Crippen molar-refractivity contribution in [2.24, 2.45) is 29.6 Å². The summed E-state index contributed by atoms with van der Waals surface area (Å²) in [5.41, 5.74) is 2.84. The molecule has 2 aromatic rings. The lowest BCUT2D eigenvalue weighted by Gasteiger charge is -2.47. The number of nitrogens with one attached hydrogen (secondary N) is 2. The Labute approximate surface area is 277 Å². The highest BCUT2D eigenvalue weighted by atomic mass is 79.9. The number of halogens is 1. The molecule has 3 N–H and O–H groups in total. The van der Waals surface area contributed by atoms with Gasteiger partial charge in [-0.1, -0.05) is 49.7 Å². The first-order chi connectivity index (χ1) is 21.3. The van der Waals surface area contributed by atoms with E-state index in [4.69, 9.17) is 4.74 Å². The van der Waals surface area contributed by atoms with Crippen molar-refractivity contribution in [2.75, 3.05) is 26.4 Å². The van der Waals surface area contributed by atoms with E-state index in [-0.39, 0.29) is 29.6 Å². The largest absolute Gasteiger partial charge is 0.363 e. The third-order valence-corrected chi connectivity index (χ3v) is 12.1. The Hall–Kier alpha value is -2.18. The quantitative estimate of drug-likeness (QED) is 0.379. The minimum atomic E-state index is -1.85. The lowest BCUT2D eigenvalue weighted by molar-refractivity contribution is -0.290. The highest BCUT2D eigenvalue weighted by Gasteiger charge is 2.73. The first-order valence-corrected chi connectivity index (χ1v) is 18.2. The van der Waals surface area contributed by atoms with E-state index < -0.39 is 41.2 Å². The van der Waals surface area contributed by atoms with Crippen molar-refractivity contribution < 1.29 is 24.2 Å². The topological polar surface area (TPSA) is 115 Å². The molecule has 11 heteroatoms. The summed E-state index contributed by atoms with van der Waals surface area (Å²) in [4.78, 5) is 50.1. The number of rotatable bonds is 6. The van der Waals surface area contributed by atoms with Gasteiger partial charge in [-0.25, -0.2) is 0 Å². The second-order valence-corrected chi connectivity index (χ2v) is 16.1. The number of piperidine rings is 1. The Balaban J connectivity index is 1.26. The molecular weight excluding hydrogens is 656 g/mol. The lowest BCUT2D eigenvalue weighted by atomic mass is 9.70. The number of carbonyl (C=O) groups excluding carboxylic acids is 3. The molecule has 5 aliphatic rings. The van der Waals surface area contributed by atoms with E-state index in [2.05, 4.69) is 55.6 Å². The van der Waals surface area contributed by atoms with Crippen molar-refractivity contribution in [3.63, 3.8) is 0 Å². The number of thioether (sulfide) groups is 1. The van der Waals surface area contributed by atoms with Crippen molar-refractivity contribution in [3.05, 3.63) is 33.8 Å². The molecule has 5 heterocycles. The average Bonchev–Trinajstić information content (AvgIpc) is 3.67. The average molecular weight is 700 g/mol. The second-order valence-electron chi connectivity index (χ2n) is 14.4. The van der Waals surface area contributed by atoms with Crippen molar-refractivity contribution in [2.45, 2.75) is 82.0 Å². The number of ketones is 1. The highest BCUT2D eigenvalue weighted by molar-refractivity contribution is 9.10. The second kappa shape index (κ2) is 10.9. The van der Waals surface area contributed by atoms with Gasteiger partial charge in [-0.05, 0) is 73.7 Å². The van der Waals surface area contributed by atoms with E-state index >= 15 is 0 Å². The summed E-state index contributed by atoms with van der Waals surface area (Å²) < 4.78 is 7.51. The zero-order valence-electron chi connectivity index (χ0n) is 26.8. The number of likely N-dealkylation sites (N-methyl/N-ethyl adjacent to an activating group) is 1. The summed E-state index contributed by atoms with van der Waals surface area (Å²) in [6.45, 7) is 8.72. The number of carbonyl (C=O) groups is 3. The number of ether oxygens (including phenoxy) is 1. The Morgan fingerprint density at radius 2 is 2.02 bits per heavy atom. The van der Waals surface area contributed by atoms with Crippen LogP contribution in [0.15, 0.2) is 27.7 Å². The Morgan fingerprint density at radius 1 is 1.27 bits per heavy atom. The predicted molar refractivity (Wildman–Crippen MR) is 177 cm³/mol. The number of amides is 2. The van der Waals surface area contributed by atoms with Crippen LogP contribution in [0.25, 0.3) is 16.5 Å². The molecule has 1 unspecified atom stereocenters. The number of Topliss-reactive ketones (excluding diaryl/α,β-unsaturated/α-hetero) is 1. The standard InChI is InChI=1S/C34H43BrN4O5S/c1-16(2)10-23-28-29(40)33(17(3)4,44-34(28,43)26-8-7-9-39(26)32(23)42)37-30(41)18-11-20-21-12-19(35)13-24-27(21)22(31(36-24)45-6)14-25(20)38(5)15-18/h11-13,16-18,23,25-26,28,36,43H,7-10,14-15H2,1-6H3,(H,37,41)/t18-,23-,25-,26+,28?,33-,34+/m1/s1. The maximum Gasteiger partial charge on any atom is 0.230 e. The van der Waals surface area contributed by atoms with Gasteiger partial charge >= 0.3 is 0 Å². The summed E-state index contributed by atoms with van der Waals surface area (Å²) in [6, 6.07) is 3.74. The molecule has 45 heavy (non-hydrogen) atoms. The predicted octanol–water partition coefficient (Wildman–Crippen LogP) is 4.56. The molecule has 0 saturated carbocycles. The molecule has 3 saturated heterocycles. The minimum Gasteiger partial charge on any atom is -0.363 e. The van der Waals surface area contributed by atoms with Gasteiger partial charge in [0, 0.05) is 40.4 Å². The highest BCUT2D eigenvalue weighted by Crippen LogP contribution is 2.54. The first-order valence-electron chi connectivity index (χ1n) is 16.2. The molecule has 7 rings (SSSR count). The maximum atomic E-state index is 14.6. The van der Waals surface area contributed by atoms with Gasteiger partial charge in [0.05, 0.1) is 28.8 Å². The smallest absolute Gasteiger partial charge is 0.230 e. The van der Waals surface area contributed by atoms with Crippen LogP contribution in [0.3, 0.4) is 0 Å². The van der Waals surface area contributed by atoms with Crippen molar-refractivity contribution in [1.29, 1.82) is 0 Å². The zero-order valence-corrected chi connectivity index (χ0v) is 29.2. The maximum absolute atomic E-state index is 14.6. The van der Waals surface area contributed by atoms with Crippen LogP contribution in [0.2, 0.25) is 0 Å².